The van der Waals surface area contributed by atoms with Gasteiger partial charge in [0.25, 0.3) is 0 Å². The van der Waals surface area contributed by atoms with Crippen LogP contribution in [0.1, 0.15) is 25.7 Å². The molecule has 0 amide bonds. The van der Waals surface area contributed by atoms with E-state index in [9.17, 15) is 57.4 Å². The molecule has 0 aromatic heterocycles. The Morgan fingerprint density at radius 3 is 0.667 bits per heavy atom. The first-order valence-electron chi connectivity index (χ1n) is 7.06. The summed E-state index contributed by atoms with van der Waals surface area (Å²) in [5.41, 5.74) is 9.85. The molecule has 0 saturated heterocycles. The fourth-order valence-corrected chi connectivity index (χ4v) is 5.65. The van der Waals surface area contributed by atoms with E-state index in [0.29, 0.717) is 0 Å². The molecule has 0 atom stereocenters. The van der Waals surface area contributed by atoms with Crippen LogP contribution >= 0.6 is 30.4 Å². The molecular weight excluding hydrogens is 704 g/mol. The van der Waals surface area contributed by atoms with Gasteiger partial charge in [-0.05, 0) is 69.2 Å². The van der Waals surface area contributed by atoms with E-state index in [4.69, 9.17) is 21.7 Å². The molecule has 0 bridgehead atoms. The molecule has 0 rings (SSSR count). The van der Waals surface area contributed by atoms with Crippen molar-refractivity contribution in [2.75, 3.05) is 13.1 Å². The third-order valence-electron chi connectivity index (χ3n) is 3.19. The summed E-state index contributed by atoms with van der Waals surface area (Å²) in [6.45, 7) is -0.301. The Balaban J connectivity index is -0.0000000246. The van der Waals surface area contributed by atoms with Crippen LogP contribution in [0, 0.1) is 0 Å². The summed E-state index contributed by atoms with van der Waals surface area (Å²) >= 11 is 0. The Morgan fingerprint density at radius 2 is 0.590 bits per heavy atom. The minimum atomic E-state index is -5.93. The predicted molar refractivity (Wildman–Crippen MR) is 87.7 cm³/mol. The molecule has 0 aliphatic carbocycles. The van der Waals surface area contributed by atoms with Gasteiger partial charge >= 0.3 is 236 Å². The topological polar surface area (TPSA) is 440 Å². The number of nitrogens with two attached hydrogens (primary N) is 2. The zero-order valence-corrected chi connectivity index (χ0v) is 43.1. The molecule has 12 N–H and O–H groups in total. The van der Waals surface area contributed by atoms with Crippen LogP contribution < -0.4 is 287 Å². The van der Waals surface area contributed by atoms with Gasteiger partial charge in [0, 0.05) is 0 Å². The van der Waals surface area contributed by atoms with Crippen molar-refractivity contribution in [3.63, 3.8) is 0 Å². The molecule has 0 radical (unpaired) electrons. The Morgan fingerprint density at radius 1 is 0.462 bits per heavy atom. The van der Waals surface area contributed by atoms with Gasteiger partial charge in [0.2, 0.25) is 0 Å². The maximum absolute atomic E-state index is 10.4. The number of hydrogen-bond acceptors (Lipinski definition) is 16. The van der Waals surface area contributed by atoms with E-state index in [1.807, 2.05) is 0 Å². The van der Waals surface area contributed by atoms with Gasteiger partial charge in [-0.2, -0.15) is 0 Å². The Bertz CT molecular complexity index is 604. The SMILES string of the molecule is NCCCC(O)(P(=O)([O-])[O-])P(=O)([O-])[O-].NCCCC(O)(P(=O)([O-])[O-])P(=O)([O-])[O-].O.O.O.[Na+].[Na+].[Na+].[Na+].[Na+].[Na+].[Na+].[Na+]. The van der Waals surface area contributed by atoms with Gasteiger partial charge in [0.15, 0.2) is 0 Å². The summed E-state index contributed by atoms with van der Waals surface area (Å²) in [5, 5.41) is 10.4. The molecule has 0 aromatic carbocycles. The van der Waals surface area contributed by atoms with E-state index in [2.05, 4.69) is 0 Å². The zero-order valence-electron chi connectivity index (χ0n) is 23.5. The van der Waals surface area contributed by atoms with Crippen molar-refractivity contribution in [2.45, 2.75) is 35.8 Å². The van der Waals surface area contributed by atoms with Crippen LogP contribution in [0.4, 0.5) is 0 Å². The second kappa shape index (κ2) is 37.6. The smallest absolute Gasteiger partial charge is 0.808 e. The number of rotatable bonds is 10. The molecule has 31 heteroatoms. The van der Waals surface area contributed by atoms with Gasteiger partial charge in [-0.25, -0.2) is 0 Å². The summed E-state index contributed by atoms with van der Waals surface area (Å²) in [7, 11) is -23.7. The summed E-state index contributed by atoms with van der Waals surface area (Å²) in [6.07, 6.45) is -2.53. The first-order valence-corrected chi connectivity index (χ1v) is 13.2. The fourth-order valence-electron chi connectivity index (χ4n) is 1.53. The van der Waals surface area contributed by atoms with Crippen LogP contribution in [-0.2, 0) is 18.3 Å². The molecule has 0 aromatic rings. The molecule has 0 aliphatic heterocycles. The number of hydrogen-bond donors (Lipinski definition) is 4. The summed E-state index contributed by atoms with van der Waals surface area (Å²) in [4.78, 5) is 83.3. The molecule has 0 unspecified atom stereocenters. The summed E-state index contributed by atoms with van der Waals surface area (Å²) in [6, 6.07) is 0. The predicted octanol–water partition coefficient (Wildman–Crippen LogP) is -34.0. The van der Waals surface area contributed by atoms with Crippen LogP contribution in [-0.4, -0.2) is 49.9 Å². The van der Waals surface area contributed by atoms with Gasteiger partial charge in [-0.1, -0.05) is 0 Å². The third kappa shape index (κ3) is 30.8. The van der Waals surface area contributed by atoms with Crippen molar-refractivity contribution in [2.24, 2.45) is 11.5 Å². The van der Waals surface area contributed by atoms with E-state index in [1.54, 1.807) is 0 Å². The van der Waals surface area contributed by atoms with Crippen molar-refractivity contribution in [1.82, 2.24) is 0 Å². The summed E-state index contributed by atoms with van der Waals surface area (Å²) < 4.78 is 41.7. The largest absolute Gasteiger partial charge is 1.00 e. The fraction of sp³-hybridized carbons (Fsp3) is 1.00. The molecule has 0 aliphatic rings. The molecule has 0 saturated carbocycles. The Hall–Kier alpha value is 8.32. The first kappa shape index (κ1) is 86.2. The minimum absolute atomic E-state index is 0. The molecule has 0 heterocycles. The normalized spacial score (nSPS) is 10.4. The second-order valence-corrected chi connectivity index (χ2v) is 13.0. The standard InChI is InChI=1S/2C4H13NO7P2.8Na.3H2O/c2*5-3-1-2-4(6,13(7,8)9)14(10,11)12;;;;;;;;;;;/h2*6H,1-3,5H2,(H2,7,8,9)(H2,10,11,12);;;;;;;;;3*1H2/q;;8*+1;;;/p-8. The average molecular weight is 728 g/mol. The summed E-state index contributed by atoms with van der Waals surface area (Å²) in [5.74, 6) is 0. The van der Waals surface area contributed by atoms with Crippen LogP contribution in [0.25, 0.3) is 0 Å². The van der Waals surface area contributed by atoms with Crippen molar-refractivity contribution in [3.8, 4) is 0 Å². The maximum atomic E-state index is 10.4. The average Bonchev–Trinajstić information content (AvgIpc) is 2.46. The van der Waals surface area contributed by atoms with Crippen LogP contribution in [0.5, 0.6) is 0 Å². The molecular formula is C8H24N2Na8O17P4. The second-order valence-electron chi connectivity index (χ2n) is 5.32. The van der Waals surface area contributed by atoms with Gasteiger partial charge < -0.3 is 95.5 Å². The van der Waals surface area contributed by atoms with Gasteiger partial charge in [-0.3, -0.25) is 0 Å². The van der Waals surface area contributed by atoms with Crippen LogP contribution in [0.15, 0.2) is 0 Å². The van der Waals surface area contributed by atoms with Crippen molar-refractivity contribution < 1.29 is 321 Å². The van der Waals surface area contributed by atoms with Crippen molar-refractivity contribution in [1.29, 1.82) is 0 Å². The monoisotopic (exact) mass is 728 g/mol. The van der Waals surface area contributed by atoms with Gasteiger partial charge in [0.1, 0.15) is 10.2 Å². The molecule has 196 valence electrons. The maximum Gasteiger partial charge on any atom is 1.00 e. The van der Waals surface area contributed by atoms with E-state index < -0.39 is 53.4 Å². The van der Waals surface area contributed by atoms with Crippen molar-refractivity contribution in [3.05, 3.63) is 0 Å². The third-order valence-corrected chi connectivity index (χ3v) is 10.5. The van der Waals surface area contributed by atoms with Gasteiger partial charge in [0.05, 0.1) is 0 Å². The van der Waals surface area contributed by atoms with Crippen molar-refractivity contribution >= 4 is 30.4 Å². The molecule has 19 nitrogen and oxygen atoms in total. The van der Waals surface area contributed by atoms with Gasteiger partial charge in [-0.15, -0.1) is 0 Å². The zero-order chi connectivity index (χ0) is 23.2. The molecule has 0 spiro atoms. The molecule has 39 heavy (non-hydrogen) atoms. The van der Waals surface area contributed by atoms with E-state index in [1.165, 1.54) is 0 Å². The van der Waals surface area contributed by atoms with Crippen LogP contribution in [0.3, 0.4) is 0 Å². The minimum Gasteiger partial charge on any atom is -0.808 e. The Kier molecular flexibility index (Phi) is 83.0. The first-order chi connectivity index (χ1) is 12.1. The Labute approximate surface area is 403 Å². The quantitative estimate of drug-likeness (QED) is 0.120. The van der Waals surface area contributed by atoms with E-state index in [-0.39, 0.29) is 279 Å². The van der Waals surface area contributed by atoms with Crippen LogP contribution in [0.2, 0.25) is 0 Å². The molecule has 0 fully saturated rings. The van der Waals surface area contributed by atoms with E-state index in [0.717, 1.165) is 0 Å². The number of aliphatic hydroxyl groups is 2. The van der Waals surface area contributed by atoms with E-state index >= 15 is 0 Å².